The molecule has 0 amide bonds. The van der Waals surface area contributed by atoms with Crippen LogP contribution in [0.15, 0.2) is 17.7 Å². The second-order valence-corrected chi connectivity index (χ2v) is 5.81. The average Bonchev–Trinajstić information content (AvgIpc) is 2.55. The van der Waals surface area contributed by atoms with Crippen LogP contribution in [-0.2, 0) is 9.31 Å². The fourth-order valence-electron chi connectivity index (χ4n) is 1.84. The van der Waals surface area contributed by atoms with Crippen molar-refractivity contribution in [2.24, 2.45) is 0 Å². The summed E-state index contributed by atoms with van der Waals surface area (Å²) in [5, 5.41) is 9.55. The molecule has 7 heteroatoms. The molecule has 0 bridgehead atoms. The first kappa shape index (κ1) is 15.0. The summed E-state index contributed by atoms with van der Waals surface area (Å²) >= 11 is 0. The minimum atomic E-state index is -0.596. The molecule has 6 nitrogen and oxygen atoms in total. The molecular weight excluding hydrogens is 257 g/mol. The van der Waals surface area contributed by atoms with Gasteiger partial charge in [0, 0.05) is 6.20 Å². The molecule has 1 aromatic rings. The molecule has 2 rings (SSSR count). The van der Waals surface area contributed by atoms with Gasteiger partial charge in [-0.15, -0.1) is 0 Å². The third-order valence-corrected chi connectivity index (χ3v) is 3.77. The summed E-state index contributed by atoms with van der Waals surface area (Å²) in [6, 6.07) is 1.71. The molecule has 0 spiro atoms. The lowest BCUT2D eigenvalue weighted by Crippen LogP contribution is -2.41. The van der Waals surface area contributed by atoms with E-state index in [0.29, 0.717) is 11.2 Å². The van der Waals surface area contributed by atoms with E-state index in [9.17, 15) is 5.11 Å². The average molecular weight is 277 g/mol. The zero-order valence-electron chi connectivity index (χ0n) is 12.3. The minimum absolute atomic E-state index is 0.180. The van der Waals surface area contributed by atoms with Crippen molar-refractivity contribution in [3.05, 3.63) is 23.4 Å². The van der Waals surface area contributed by atoms with E-state index in [-0.39, 0.29) is 12.6 Å². The molecule has 0 saturated carbocycles. The monoisotopic (exact) mass is 277 g/mol. The lowest BCUT2D eigenvalue weighted by Gasteiger charge is -2.32. The Balaban J connectivity index is 2.26. The first-order chi connectivity index (χ1) is 9.25. The van der Waals surface area contributed by atoms with Gasteiger partial charge in [0.2, 0.25) is 5.95 Å². The summed E-state index contributed by atoms with van der Waals surface area (Å²) in [6.07, 6.45) is 3.27. The van der Waals surface area contributed by atoms with Gasteiger partial charge in [-0.1, -0.05) is 0 Å². The predicted molar refractivity (Wildman–Crippen MR) is 77.6 cm³/mol. The van der Waals surface area contributed by atoms with Crippen LogP contribution in [0.25, 0.3) is 6.08 Å². The Bertz CT molecular complexity index is 515. The van der Waals surface area contributed by atoms with Crippen LogP contribution in [0.4, 0.5) is 5.95 Å². The number of rotatable bonds is 3. The zero-order valence-corrected chi connectivity index (χ0v) is 12.3. The van der Waals surface area contributed by atoms with Gasteiger partial charge in [0.15, 0.2) is 0 Å². The predicted octanol–water partition coefficient (Wildman–Crippen LogP) is 1.07. The molecule has 2 heterocycles. The summed E-state index contributed by atoms with van der Waals surface area (Å²) in [5.41, 5.74) is 5.85. The normalized spacial score (nSPS) is 21.2. The van der Waals surface area contributed by atoms with Gasteiger partial charge in [0.1, 0.15) is 0 Å². The zero-order chi connectivity index (χ0) is 15.0. The number of aliphatic hydroxyl groups is 1. The number of anilines is 1. The Labute approximate surface area is 119 Å². The maximum absolute atomic E-state index is 9.55. The van der Waals surface area contributed by atoms with Gasteiger partial charge in [0.05, 0.1) is 23.5 Å². The highest BCUT2D eigenvalue weighted by Crippen LogP contribution is 2.38. The number of nitrogen functional groups attached to an aromatic ring is 1. The Morgan fingerprint density at radius 2 is 1.95 bits per heavy atom. The number of aromatic nitrogens is 2. The van der Waals surface area contributed by atoms with E-state index in [2.05, 4.69) is 9.97 Å². The van der Waals surface area contributed by atoms with Crippen molar-refractivity contribution in [2.45, 2.75) is 38.9 Å². The third kappa shape index (κ3) is 2.84. The second-order valence-electron chi connectivity index (χ2n) is 5.81. The molecule has 1 saturated heterocycles. The number of nitrogens with two attached hydrogens (primary N) is 1. The largest absolute Gasteiger partial charge is 0.492 e. The van der Waals surface area contributed by atoms with Crippen molar-refractivity contribution in [3.8, 4) is 0 Å². The van der Waals surface area contributed by atoms with Crippen LogP contribution in [0, 0.1) is 0 Å². The molecule has 0 atom stereocenters. The summed E-state index contributed by atoms with van der Waals surface area (Å²) in [7, 11) is -0.596. The maximum atomic E-state index is 9.55. The molecular formula is C13H20BN3O3. The van der Waals surface area contributed by atoms with Crippen molar-refractivity contribution in [3.63, 3.8) is 0 Å². The molecule has 0 aliphatic carbocycles. The van der Waals surface area contributed by atoms with Crippen LogP contribution in [0.1, 0.15) is 33.4 Å². The topological polar surface area (TPSA) is 90.5 Å². The van der Waals surface area contributed by atoms with Crippen LogP contribution in [0.2, 0.25) is 0 Å². The number of nitrogens with zero attached hydrogens (tertiary/aromatic N) is 2. The number of hydrogen-bond acceptors (Lipinski definition) is 6. The van der Waals surface area contributed by atoms with E-state index < -0.39 is 18.3 Å². The fraction of sp³-hybridized carbons (Fsp3) is 0.538. The van der Waals surface area contributed by atoms with E-state index in [0.717, 1.165) is 0 Å². The Kier molecular flexibility index (Phi) is 3.86. The van der Waals surface area contributed by atoms with Crippen molar-refractivity contribution >= 4 is 19.1 Å². The Morgan fingerprint density at radius 1 is 1.35 bits per heavy atom. The summed E-state index contributed by atoms with van der Waals surface area (Å²) < 4.78 is 11.8. The third-order valence-electron chi connectivity index (χ3n) is 3.77. The fourth-order valence-corrected chi connectivity index (χ4v) is 1.84. The van der Waals surface area contributed by atoms with Gasteiger partial charge < -0.3 is 20.1 Å². The van der Waals surface area contributed by atoms with Crippen molar-refractivity contribution in [2.75, 3.05) is 12.3 Å². The number of hydrogen-bond donors (Lipinski definition) is 2. The summed E-state index contributed by atoms with van der Waals surface area (Å²) in [4.78, 5) is 7.90. The maximum Gasteiger partial charge on any atom is 0.492 e. The molecule has 0 radical (unpaired) electrons. The van der Waals surface area contributed by atoms with Crippen LogP contribution in [-0.4, -0.2) is 40.0 Å². The Morgan fingerprint density at radius 3 is 2.45 bits per heavy atom. The van der Waals surface area contributed by atoms with Crippen molar-refractivity contribution < 1.29 is 14.4 Å². The molecule has 0 unspecified atom stereocenters. The molecule has 20 heavy (non-hydrogen) atoms. The summed E-state index contributed by atoms with van der Waals surface area (Å²) in [6.45, 7) is 7.67. The van der Waals surface area contributed by atoms with E-state index in [1.807, 2.05) is 27.7 Å². The minimum Gasteiger partial charge on any atom is -0.400 e. The van der Waals surface area contributed by atoms with Crippen LogP contribution < -0.4 is 5.73 Å². The molecule has 1 aliphatic heterocycles. The van der Waals surface area contributed by atoms with Gasteiger partial charge >= 0.3 is 7.12 Å². The first-order valence-corrected chi connectivity index (χ1v) is 6.51. The molecule has 1 aromatic heterocycles. The first-order valence-electron chi connectivity index (χ1n) is 6.51. The van der Waals surface area contributed by atoms with Gasteiger partial charge in [0.25, 0.3) is 0 Å². The van der Waals surface area contributed by atoms with Crippen LogP contribution in [0.3, 0.4) is 0 Å². The summed E-state index contributed by atoms with van der Waals surface area (Å²) in [5.74, 6) is 0.185. The van der Waals surface area contributed by atoms with Crippen molar-refractivity contribution in [1.82, 2.24) is 9.97 Å². The lowest BCUT2D eigenvalue weighted by atomic mass is 9.78. The highest BCUT2D eigenvalue weighted by molar-refractivity contribution is 6.55. The molecule has 1 fully saturated rings. The molecule has 3 N–H and O–H groups in total. The van der Waals surface area contributed by atoms with Gasteiger partial charge in [-0.25, -0.2) is 9.97 Å². The number of aliphatic hydroxyl groups excluding tert-OH is 1. The van der Waals surface area contributed by atoms with Crippen LogP contribution >= 0.6 is 0 Å². The van der Waals surface area contributed by atoms with Gasteiger partial charge in [-0.05, 0) is 45.3 Å². The van der Waals surface area contributed by atoms with Crippen molar-refractivity contribution in [1.29, 1.82) is 0 Å². The highest BCUT2D eigenvalue weighted by atomic mass is 16.7. The van der Waals surface area contributed by atoms with Gasteiger partial charge in [-0.2, -0.15) is 0 Å². The SMILES string of the molecule is CC1(C)OB(C(=Cc2ccnc(N)n2)CO)OC1(C)C. The highest BCUT2D eigenvalue weighted by Gasteiger charge is 2.52. The smallest absolute Gasteiger partial charge is 0.400 e. The molecule has 108 valence electrons. The van der Waals surface area contributed by atoms with E-state index in [1.165, 1.54) is 0 Å². The van der Waals surface area contributed by atoms with E-state index in [1.54, 1.807) is 18.3 Å². The second kappa shape index (κ2) is 5.16. The van der Waals surface area contributed by atoms with Gasteiger partial charge in [-0.3, -0.25) is 0 Å². The quantitative estimate of drug-likeness (QED) is 0.803. The Hall–Kier alpha value is -1.44. The molecule has 1 aliphatic rings. The molecule has 0 aromatic carbocycles. The lowest BCUT2D eigenvalue weighted by molar-refractivity contribution is 0.00578. The standard InChI is InChI=1S/C13H20BN3O3/c1-12(2)13(3,4)20-14(19-12)9(8-18)7-10-5-6-16-11(15)17-10/h5-7,18H,8H2,1-4H3,(H2,15,16,17). The van der Waals surface area contributed by atoms with E-state index >= 15 is 0 Å². The van der Waals surface area contributed by atoms with E-state index in [4.69, 9.17) is 15.0 Å². The van der Waals surface area contributed by atoms with Crippen LogP contribution in [0.5, 0.6) is 0 Å².